The summed E-state index contributed by atoms with van der Waals surface area (Å²) in [6.07, 6.45) is 0. The molecule has 1 saturated heterocycles. The van der Waals surface area contributed by atoms with Crippen LogP contribution in [-0.4, -0.2) is 56.4 Å². The smallest absolute Gasteiger partial charge is 0.158 e. The number of methoxy groups -OCH3 is 1. The molecule has 0 radical (unpaired) electrons. The SMILES string of the molecule is COc1ccc2c(N3CCN(CCO)CC3)c(-c3ccccc3)oc2c1. The number of furan rings is 1. The summed E-state index contributed by atoms with van der Waals surface area (Å²) in [6, 6.07) is 16.3. The molecule has 4 rings (SSSR count). The minimum absolute atomic E-state index is 0.212. The zero-order valence-corrected chi connectivity index (χ0v) is 15.0. The third-order valence-electron chi connectivity index (χ3n) is 5.01. The molecule has 1 aliphatic heterocycles. The van der Waals surface area contributed by atoms with Crippen LogP contribution in [0.25, 0.3) is 22.3 Å². The fourth-order valence-corrected chi connectivity index (χ4v) is 3.63. The standard InChI is InChI=1S/C21H24N2O3/c1-25-17-7-8-18-19(15-17)26-21(16-5-3-2-4-6-16)20(18)23-11-9-22(10-12-23)13-14-24/h2-8,15,24H,9-14H2,1H3. The van der Waals surface area contributed by atoms with Crippen molar-refractivity contribution in [3.05, 3.63) is 48.5 Å². The van der Waals surface area contributed by atoms with Gasteiger partial charge in [0.2, 0.25) is 0 Å². The molecule has 3 aromatic rings. The van der Waals surface area contributed by atoms with Gasteiger partial charge in [-0.05, 0) is 12.1 Å². The normalized spacial score (nSPS) is 15.5. The fourth-order valence-electron chi connectivity index (χ4n) is 3.63. The molecule has 0 aliphatic carbocycles. The summed E-state index contributed by atoms with van der Waals surface area (Å²) in [6.45, 7) is 4.67. The van der Waals surface area contributed by atoms with E-state index in [0.29, 0.717) is 0 Å². The number of ether oxygens (including phenoxy) is 1. The van der Waals surface area contributed by atoms with Gasteiger partial charge in [0.15, 0.2) is 5.76 Å². The largest absolute Gasteiger partial charge is 0.497 e. The quantitative estimate of drug-likeness (QED) is 0.764. The summed E-state index contributed by atoms with van der Waals surface area (Å²) in [5, 5.41) is 10.3. The lowest BCUT2D eigenvalue weighted by molar-refractivity contribution is 0.189. The van der Waals surface area contributed by atoms with Crippen molar-refractivity contribution in [2.24, 2.45) is 0 Å². The number of piperazine rings is 1. The Bertz CT molecular complexity index is 868. The molecule has 1 N–H and O–H groups in total. The monoisotopic (exact) mass is 352 g/mol. The average Bonchev–Trinajstić information content (AvgIpc) is 3.08. The van der Waals surface area contributed by atoms with Crippen molar-refractivity contribution in [2.75, 3.05) is 51.3 Å². The summed E-state index contributed by atoms with van der Waals surface area (Å²) in [5.74, 6) is 1.70. The summed E-state index contributed by atoms with van der Waals surface area (Å²) in [7, 11) is 1.67. The van der Waals surface area contributed by atoms with Crippen LogP contribution in [0.1, 0.15) is 0 Å². The van der Waals surface area contributed by atoms with Crippen LogP contribution < -0.4 is 9.64 Å². The maximum absolute atomic E-state index is 9.17. The van der Waals surface area contributed by atoms with Gasteiger partial charge in [-0.15, -0.1) is 0 Å². The number of benzene rings is 2. The number of anilines is 1. The molecule has 5 nitrogen and oxygen atoms in total. The molecule has 0 atom stereocenters. The predicted octanol–water partition coefficient (Wildman–Crippen LogP) is 3.22. The van der Waals surface area contributed by atoms with Crippen LogP contribution in [0.2, 0.25) is 0 Å². The Morgan fingerprint density at radius 1 is 1.04 bits per heavy atom. The van der Waals surface area contributed by atoms with E-state index in [1.54, 1.807) is 7.11 Å². The number of aliphatic hydroxyl groups excluding tert-OH is 1. The highest BCUT2D eigenvalue weighted by molar-refractivity contribution is 6.00. The lowest BCUT2D eigenvalue weighted by atomic mass is 10.1. The van der Waals surface area contributed by atoms with Crippen LogP contribution in [0.4, 0.5) is 5.69 Å². The van der Waals surface area contributed by atoms with Crippen molar-refractivity contribution in [1.29, 1.82) is 0 Å². The van der Waals surface area contributed by atoms with E-state index in [0.717, 1.165) is 66.5 Å². The number of aliphatic hydroxyl groups is 1. The Morgan fingerprint density at radius 2 is 1.81 bits per heavy atom. The Morgan fingerprint density at radius 3 is 2.50 bits per heavy atom. The van der Waals surface area contributed by atoms with Crippen LogP contribution in [-0.2, 0) is 0 Å². The number of nitrogens with zero attached hydrogens (tertiary/aromatic N) is 2. The van der Waals surface area contributed by atoms with E-state index in [2.05, 4.69) is 28.0 Å². The minimum Gasteiger partial charge on any atom is -0.497 e. The van der Waals surface area contributed by atoms with Crippen LogP contribution in [0.3, 0.4) is 0 Å². The third kappa shape index (κ3) is 3.16. The van der Waals surface area contributed by atoms with Gasteiger partial charge in [0.25, 0.3) is 0 Å². The number of β-amino-alcohol motifs (C(OH)–C–C–N with tert-alkyl or cyclic N) is 1. The van der Waals surface area contributed by atoms with Gasteiger partial charge in [-0.1, -0.05) is 30.3 Å². The first-order chi connectivity index (χ1) is 12.8. The zero-order valence-electron chi connectivity index (χ0n) is 15.0. The summed E-state index contributed by atoms with van der Waals surface area (Å²) in [4.78, 5) is 4.69. The van der Waals surface area contributed by atoms with E-state index in [4.69, 9.17) is 14.3 Å². The zero-order chi connectivity index (χ0) is 17.9. The first-order valence-corrected chi connectivity index (χ1v) is 9.04. The van der Waals surface area contributed by atoms with Crippen LogP contribution >= 0.6 is 0 Å². The molecule has 0 unspecified atom stereocenters. The van der Waals surface area contributed by atoms with Crippen molar-refractivity contribution in [1.82, 2.24) is 4.90 Å². The molecule has 2 aromatic carbocycles. The Labute approximate surface area is 153 Å². The van der Waals surface area contributed by atoms with Crippen LogP contribution in [0.15, 0.2) is 52.9 Å². The van der Waals surface area contributed by atoms with Crippen molar-refractivity contribution in [2.45, 2.75) is 0 Å². The highest BCUT2D eigenvalue weighted by Crippen LogP contribution is 2.41. The molecule has 0 amide bonds. The third-order valence-corrected chi connectivity index (χ3v) is 5.01. The highest BCUT2D eigenvalue weighted by atomic mass is 16.5. The maximum Gasteiger partial charge on any atom is 0.158 e. The molecule has 1 aromatic heterocycles. The van der Waals surface area contributed by atoms with E-state index in [-0.39, 0.29) is 6.61 Å². The van der Waals surface area contributed by atoms with E-state index in [9.17, 15) is 0 Å². The van der Waals surface area contributed by atoms with Crippen molar-refractivity contribution in [3.8, 4) is 17.1 Å². The highest BCUT2D eigenvalue weighted by Gasteiger charge is 2.25. The lowest BCUT2D eigenvalue weighted by Crippen LogP contribution is -2.47. The summed E-state index contributed by atoms with van der Waals surface area (Å²) >= 11 is 0. The second kappa shape index (κ2) is 7.40. The van der Waals surface area contributed by atoms with E-state index < -0.39 is 0 Å². The van der Waals surface area contributed by atoms with Gasteiger partial charge < -0.3 is 19.2 Å². The molecule has 1 fully saturated rings. The average molecular weight is 352 g/mol. The maximum atomic E-state index is 9.17. The van der Waals surface area contributed by atoms with Gasteiger partial charge in [0, 0.05) is 49.7 Å². The summed E-state index contributed by atoms with van der Waals surface area (Å²) < 4.78 is 11.6. The van der Waals surface area contributed by atoms with E-state index >= 15 is 0 Å². The summed E-state index contributed by atoms with van der Waals surface area (Å²) in [5.41, 5.74) is 3.07. The molecule has 1 aliphatic rings. The Balaban J connectivity index is 1.76. The van der Waals surface area contributed by atoms with Crippen molar-refractivity contribution in [3.63, 3.8) is 0 Å². The molecule has 5 heteroatoms. The van der Waals surface area contributed by atoms with Gasteiger partial charge in [-0.2, -0.15) is 0 Å². The molecular weight excluding hydrogens is 328 g/mol. The second-order valence-electron chi connectivity index (χ2n) is 6.56. The fraction of sp³-hybridized carbons (Fsp3) is 0.333. The number of hydrogen-bond donors (Lipinski definition) is 1. The minimum atomic E-state index is 0.212. The first-order valence-electron chi connectivity index (χ1n) is 9.04. The van der Waals surface area contributed by atoms with E-state index in [1.807, 2.05) is 30.3 Å². The number of fused-ring (bicyclic) bond motifs is 1. The molecule has 0 bridgehead atoms. The topological polar surface area (TPSA) is 49.1 Å². The van der Waals surface area contributed by atoms with Crippen molar-refractivity contribution >= 4 is 16.7 Å². The van der Waals surface area contributed by atoms with Crippen LogP contribution in [0, 0.1) is 0 Å². The van der Waals surface area contributed by atoms with Crippen LogP contribution in [0.5, 0.6) is 5.75 Å². The molecule has 0 saturated carbocycles. The molecule has 136 valence electrons. The molecule has 2 heterocycles. The van der Waals surface area contributed by atoms with Gasteiger partial charge in [-0.25, -0.2) is 0 Å². The number of rotatable bonds is 5. The Hall–Kier alpha value is -2.50. The molecule has 26 heavy (non-hydrogen) atoms. The first kappa shape index (κ1) is 16.9. The predicted molar refractivity (Wildman–Crippen MR) is 104 cm³/mol. The lowest BCUT2D eigenvalue weighted by Gasteiger charge is -2.35. The Kier molecular flexibility index (Phi) is 4.82. The molecular formula is C21H24N2O3. The molecule has 0 spiro atoms. The van der Waals surface area contributed by atoms with Crippen molar-refractivity contribution < 1.29 is 14.3 Å². The van der Waals surface area contributed by atoms with Gasteiger partial charge in [-0.3, -0.25) is 4.90 Å². The van der Waals surface area contributed by atoms with Gasteiger partial charge in [0.1, 0.15) is 11.3 Å². The van der Waals surface area contributed by atoms with Gasteiger partial charge in [0.05, 0.1) is 19.4 Å². The van der Waals surface area contributed by atoms with E-state index in [1.165, 1.54) is 0 Å². The second-order valence-corrected chi connectivity index (χ2v) is 6.56. The number of hydrogen-bond acceptors (Lipinski definition) is 5. The van der Waals surface area contributed by atoms with Gasteiger partial charge >= 0.3 is 0 Å².